The maximum absolute atomic E-state index is 2.42. The highest BCUT2D eigenvalue weighted by molar-refractivity contribution is 5.56. The Morgan fingerprint density at radius 2 is 0.552 bits per heavy atom. The standard InChI is InChI=1S/C27H48.2CH4/c1-16(2)13-22-25(19(7)8)23(14-17(3)4)27(21(11)12)24(15-18(5)6)26(22)20(9)10;;/h16-21H,13-15H2,1-12H3;2*1H4. The summed E-state index contributed by atoms with van der Waals surface area (Å²) in [6.45, 7) is 28.8. The second kappa shape index (κ2) is 12.8. The third-order valence-electron chi connectivity index (χ3n) is 5.52. The van der Waals surface area contributed by atoms with Crippen molar-refractivity contribution in [1.29, 1.82) is 0 Å². The van der Waals surface area contributed by atoms with Gasteiger partial charge in [0, 0.05) is 0 Å². The summed E-state index contributed by atoms with van der Waals surface area (Å²) in [7, 11) is 0. The molecule has 0 spiro atoms. The minimum atomic E-state index is 0. The molecule has 0 aromatic heterocycles. The van der Waals surface area contributed by atoms with Gasteiger partial charge in [-0.3, -0.25) is 0 Å². The lowest BCUT2D eigenvalue weighted by Crippen LogP contribution is -2.19. The number of benzene rings is 1. The van der Waals surface area contributed by atoms with Crippen molar-refractivity contribution in [2.45, 2.75) is 135 Å². The zero-order valence-electron chi connectivity index (χ0n) is 20.6. The van der Waals surface area contributed by atoms with Crippen LogP contribution in [-0.4, -0.2) is 0 Å². The molecule has 0 aliphatic heterocycles. The van der Waals surface area contributed by atoms with Crippen molar-refractivity contribution < 1.29 is 0 Å². The summed E-state index contributed by atoms with van der Waals surface area (Å²) in [6.07, 6.45) is 3.65. The van der Waals surface area contributed by atoms with Crippen LogP contribution in [0.4, 0.5) is 0 Å². The Morgan fingerprint density at radius 3 is 0.655 bits per heavy atom. The van der Waals surface area contributed by atoms with Gasteiger partial charge in [0.15, 0.2) is 0 Å². The maximum atomic E-state index is 2.42. The average Bonchev–Trinajstić information content (AvgIpc) is 2.43. The van der Waals surface area contributed by atoms with E-state index in [1.807, 2.05) is 0 Å². The van der Waals surface area contributed by atoms with Crippen LogP contribution in [0.15, 0.2) is 0 Å². The normalized spacial score (nSPS) is 11.8. The first kappa shape index (κ1) is 30.4. The van der Waals surface area contributed by atoms with Crippen molar-refractivity contribution in [2.24, 2.45) is 17.8 Å². The maximum Gasteiger partial charge on any atom is -0.0213 e. The molecule has 0 bridgehead atoms. The van der Waals surface area contributed by atoms with Crippen LogP contribution >= 0.6 is 0 Å². The Labute approximate surface area is 186 Å². The zero-order valence-corrected chi connectivity index (χ0v) is 20.6. The molecule has 1 aromatic carbocycles. The van der Waals surface area contributed by atoms with Crippen LogP contribution in [0.3, 0.4) is 0 Å². The summed E-state index contributed by atoms with van der Waals surface area (Å²) in [5, 5.41) is 0. The predicted molar refractivity (Wildman–Crippen MR) is 138 cm³/mol. The second-order valence-corrected chi connectivity index (χ2v) is 10.9. The van der Waals surface area contributed by atoms with Crippen LogP contribution in [0, 0.1) is 17.8 Å². The quantitative estimate of drug-likeness (QED) is 0.384. The lowest BCUT2D eigenvalue weighted by Gasteiger charge is -2.33. The van der Waals surface area contributed by atoms with Gasteiger partial charge in [-0.15, -0.1) is 0 Å². The van der Waals surface area contributed by atoms with E-state index in [9.17, 15) is 0 Å². The van der Waals surface area contributed by atoms with Crippen molar-refractivity contribution in [2.75, 3.05) is 0 Å². The first-order valence-electron chi connectivity index (χ1n) is 11.6. The Hall–Kier alpha value is -0.780. The summed E-state index contributed by atoms with van der Waals surface area (Å²) in [5.74, 6) is 3.87. The van der Waals surface area contributed by atoms with Crippen LogP contribution < -0.4 is 0 Å². The first-order valence-corrected chi connectivity index (χ1v) is 11.6. The van der Waals surface area contributed by atoms with E-state index < -0.39 is 0 Å². The molecule has 0 atom stereocenters. The second-order valence-electron chi connectivity index (χ2n) is 10.9. The molecule has 0 saturated carbocycles. The molecule has 0 heterocycles. The molecular weight excluding hydrogens is 348 g/mol. The highest BCUT2D eigenvalue weighted by Gasteiger charge is 2.28. The van der Waals surface area contributed by atoms with Crippen LogP contribution in [-0.2, 0) is 19.3 Å². The largest absolute Gasteiger partial charge is 0.0776 e. The molecule has 0 amide bonds. The average molecular weight is 405 g/mol. The fraction of sp³-hybridized carbons (Fsp3) is 0.793. The summed E-state index contributed by atoms with van der Waals surface area (Å²) in [5.41, 5.74) is 10.2. The van der Waals surface area contributed by atoms with Gasteiger partial charge in [0.25, 0.3) is 0 Å². The minimum absolute atomic E-state index is 0. The summed E-state index contributed by atoms with van der Waals surface area (Å²) >= 11 is 0. The molecule has 1 rings (SSSR count). The molecule has 0 aliphatic rings. The third kappa shape index (κ3) is 7.76. The van der Waals surface area contributed by atoms with Crippen LogP contribution in [0.1, 0.15) is 149 Å². The van der Waals surface area contributed by atoms with Gasteiger partial charge in [-0.05, 0) is 88.2 Å². The van der Waals surface area contributed by atoms with Gasteiger partial charge >= 0.3 is 0 Å². The van der Waals surface area contributed by atoms with E-state index in [-0.39, 0.29) is 14.9 Å². The molecule has 29 heavy (non-hydrogen) atoms. The summed E-state index contributed by atoms with van der Waals surface area (Å²) < 4.78 is 0. The van der Waals surface area contributed by atoms with Crippen molar-refractivity contribution >= 4 is 0 Å². The highest BCUT2D eigenvalue weighted by Crippen LogP contribution is 2.42. The fourth-order valence-electron chi connectivity index (χ4n) is 4.96. The monoisotopic (exact) mass is 404 g/mol. The van der Waals surface area contributed by atoms with E-state index in [1.165, 1.54) is 19.3 Å². The van der Waals surface area contributed by atoms with E-state index in [1.54, 1.807) is 33.4 Å². The van der Waals surface area contributed by atoms with Crippen molar-refractivity contribution in [3.63, 3.8) is 0 Å². The zero-order chi connectivity index (χ0) is 21.0. The van der Waals surface area contributed by atoms with Gasteiger partial charge in [-0.25, -0.2) is 0 Å². The SMILES string of the molecule is C.C.CC(C)Cc1c(C(C)C)c(CC(C)C)c(C(C)C)c(CC(C)C)c1C(C)C. The van der Waals surface area contributed by atoms with Gasteiger partial charge in [0.2, 0.25) is 0 Å². The first-order chi connectivity index (χ1) is 12.4. The highest BCUT2D eigenvalue weighted by atomic mass is 14.3. The molecule has 0 unspecified atom stereocenters. The van der Waals surface area contributed by atoms with E-state index in [0.717, 1.165) is 0 Å². The lowest BCUT2D eigenvalue weighted by atomic mass is 9.72. The minimum Gasteiger partial charge on any atom is -0.0776 e. The predicted octanol–water partition coefficient (Wildman–Crippen LogP) is 9.92. The topological polar surface area (TPSA) is 0 Å². The van der Waals surface area contributed by atoms with Crippen LogP contribution in [0.2, 0.25) is 0 Å². The molecule has 0 heteroatoms. The Balaban J connectivity index is 0. The Morgan fingerprint density at radius 1 is 0.379 bits per heavy atom. The van der Waals surface area contributed by atoms with E-state index in [0.29, 0.717) is 35.5 Å². The van der Waals surface area contributed by atoms with Gasteiger partial charge in [0.1, 0.15) is 0 Å². The van der Waals surface area contributed by atoms with Crippen molar-refractivity contribution in [3.05, 3.63) is 33.4 Å². The third-order valence-corrected chi connectivity index (χ3v) is 5.52. The van der Waals surface area contributed by atoms with E-state index in [4.69, 9.17) is 0 Å². The summed E-state index contributed by atoms with van der Waals surface area (Å²) in [4.78, 5) is 0. The Kier molecular flexibility index (Phi) is 13.4. The lowest BCUT2D eigenvalue weighted by molar-refractivity contribution is 0.586. The van der Waals surface area contributed by atoms with Crippen molar-refractivity contribution in [1.82, 2.24) is 0 Å². The van der Waals surface area contributed by atoms with Crippen molar-refractivity contribution in [3.8, 4) is 0 Å². The summed E-state index contributed by atoms with van der Waals surface area (Å²) in [6, 6.07) is 0. The Bertz CT molecular complexity index is 490. The van der Waals surface area contributed by atoms with E-state index >= 15 is 0 Å². The van der Waals surface area contributed by atoms with E-state index in [2.05, 4.69) is 83.1 Å². The molecule has 0 N–H and O–H groups in total. The van der Waals surface area contributed by atoms with Gasteiger partial charge in [-0.1, -0.05) is 97.9 Å². The number of hydrogen-bond acceptors (Lipinski definition) is 0. The van der Waals surface area contributed by atoms with Crippen LogP contribution in [0.5, 0.6) is 0 Å². The number of hydrogen-bond donors (Lipinski definition) is 0. The van der Waals surface area contributed by atoms with Gasteiger partial charge < -0.3 is 0 Å². The van der Waals surface area contributed by atoms with Gasteiger partial charge in [0.05, 0.1) is 0 Å². The number of rotatable bonds is 9. The fourth-order valence-corrected chi connectivity index (χ4v) is 4.96. The molecule has 1 aromatic rings. The molecule has 0 aliphatic carbocycles. The van der Waals surface area contributed by atoms with Gasteiger partial charge in [-0.2, -0.15) is 0 Å². The molecule has 0 fully saturated rings. The molecule has 0 saturated heterocycles. The molecule has 0 nitrogen and oxygen atoms in total. The molecular formula is C29H56. The van der Waals surface area contributed by atoms with Crippen LogP contribution in [0.25, 0.3) is 0 Å². The smallest absolute Gasteiger partial charge is 0.0213 e. The molecule has 0 radical (unpaired) electrons. The molecule has 172 valence electrons.